The van der Waals surface area contributed by atoms with Crippen LogP contribution in [-0.2, 0) is 14.3 Å². The standard InChI is InChI=1S/2C5H5F3O2/c1-3(4(9)10)2-5(6,7)8;1-2-4(9)10-3-5(6,7)8/h1-2H2,(H,9,10);2H,1,3H2. The molecule has 0 spiro atoms. The summed E-state index contributed by atoms with van der Waals surface area (Å²) in [4.78, 5) is 19.8. The summed E-state index contributed by atoms with van der Waals surface area (Å²) < 4.78 is 71.4. The molecule has 0 aliphatic rings. The number of carboxylic acid groups (broad SMARTS) is 1. The van der Waals surface area contributed by atoms with Gasteiger partial charge in [0, 0.05) is 11.6 Å². The van der Waals surface area contributed by atoms with Crippen molar-refractivity contribution < 1.29 is 45.8 Å². The molecular weight excluding hydrogens is 298 g/mol. The van der Waals surface area contributed by atoms with Gasteiger partial charge in [0.05, 0.1) is 6.42 Å². The predicted octanol–water partition coefficient (Wildman–Crippen LogP) is 2.86. The van der Waals surface area contributed by atoms with Crippen LogP contribution in [0, 0.1) is 0 Å². The van der Waals surface area contributed by atoms with Crippen molar-refractivity contribution in [2.45, 2.75) is 18.8 Å². The minimum absolute atomic E-state index is 0.672. The van der Waals surface area contributed by atoms with Gasteiger partial charge in [-0.25, -0.2) is 9.59 Å². The number of esters is 1. The lowest BCUT2D eigenvalue weighted by Crippen LogP contribution is -2.19. The molecule has 1 N–H and O–H groups in total. The van der Waals surface area contributed by atoms with Gasteiger partial charge in [-0.2, -0.15) is 26.3 Å². The molecular formula is C10H10F6O4. The number of hydrogen-bond acceptors (Lipinski definition) is 3. The molecule has 0 aromatic rings. The molecule has 10 heteroatoms. The van der Waals surface area contributed by atoms with E-state index in [0.717, 1.165) is 0 Å². The zero-order valence-electron chi connectivity index (χ0n) is 9.85. The van der Waals surface area contributed by atoms with Crippen LogP contribution in [0.3, 0.4) is 0 Å². The number of aliphatic carboxylic acids is 1. The first kappa shape index (κ1) is 20.3. The number of rotatable bonds is 4. The molecule has 0 aromatic carbocycles. The van der Waals surface area contributed by atoms with Crippen molar-refractivity contribution in [2.24, 2.45) is 0 Å². The third kappa shape index (κ3) is 16.0. The Morgan fingerprint density at radius 3 is 1.75 bits per heavy atom. The highest BCUT2D eigenvalue weighted by Gasteiger charge is 2.30. The lowest BCUT2D eigenvalue weighted by molar-refractivity contribution is -0.182. The second-order valence-electron chi connectivity index (χ2n) is 3.13. The number of carbonyl (C=O) groups is 2. The molecule has 0 saturated carbocycles. The summed E-state index contributed by atoms with van der Waals surface area (Å²) >= 11 is 0. The van der Waals surface area contributed by atoms with Crippen molar-refractivity contribution in [1.29, 1.82) is 0 Å². The van der Waals surface area contributed by atoms with Crippen molar-refractivity contribution in [3.8, 4) is 0 Å². The normalized spacial score (nSPS) is 10.9. The molecule has 0 atom stereocenters. The van der Waals surface area contributed by atoms with Gasteiger partial charge in [-0.05, 0) is 0 Å². The van der Waals surface area contributed by atoms with Gasteiger partial charge >= 0.3 is 24.3 Å². The summed E-state index contributed by atoms with van der Waals surface area (Å²) in [6, 6.07) is 0. The van der Waals surface area contributed by atoms with Crippen LogP contribution >= 0.6 is 0 Å². The highest BCUT2D eigenvalue weighted by molar-refractivity contribution is 5.85. The maximum atomic E-state index is 11.3. The molecule has 0 amide bonds. The van der Waals surface area contributed by atoms with E-state index in [1.165, 1.54) is 0 Å². The SMILES string of the molecule is C=C(CC(F)(F)F)C(=O)O.C=CC(=O)OCC(F)(F)F. The van der Waals surface area contributed by atoms with Crippen LogP contribution in [0.5, 0.6) is 0 Å². The Balaban J connectivity index is 0. The van der Waals surface area contributed by atoms with Gasteiger partial charge in [-0.15, -0.1) is 0 Å². The summed E-state index contributed by atoms with van der Waals surface area (Å²) in [5, 5.41) is 7.95. The van der Waals surface area contributed by atoms with E-state index >= 15 is 0 Å². The van der Waals surface area contributed by atoms with Crippen molar-refractivity contribution in [3.05, 3.63) is 24.8 Å². The van der Waals surface area contributed by atoms with Crippen molar-refractivity contribution in [1.82, 2.24) is 0 Å². The van der Waals surface area contributed by atoms with Gasteiger partial charge < -0.3 is 9.84 Å². The maximum Gasteiger partial charge on any atom is 0.422 e. The van der Waals surface area contributed by atoms with Crippen molar-refractivity contribution in [2.75, 3.05) is 6.61 Å². The molecule has 0 aromatic heterocycles. The van der Waals surface area contributed by atoms with Gasteiger partial charge in [0.15, 0.2) is 6.61 Å². The summed E-state index contributed by atoms with van der Waals surface area (Å²) in [7, 11) is 0. The molecule has 0 heterocycles. The Morgan fingerprint density at radius 1 is 1.10 bits per heavy atom. The van der Waals surface area contributed by atoms with Gasteiger partial charge in [0.25, 0.3) is 0 Å². The summed E-state index contributed by atoms with van der Waals surface area (Å²) in [5.41, 5.74) is -0.840. The number of hydrogen-bond donors (Lipinski definition) is 1. The second kappa shape index (κ2) is 8.23. The molecule has 0 saturated heterocycles. The minimum atomic E-state index is -4.48. The van der Waals surface area contributed by atoms with Gasteiger partial charge in [-0.1, -0.05) is 13.2 Å². The highest BCUT2D eigenvalue weighted by atomic mass is 19.4. The van der Waals surface area contributed by atoms with E-state index < -0.39 is 42.9 Å². The summed E-state index contributed by atoms with van der Waals surface area (Å²) in [5.74, 6) is -2.69. The van der Waals surface area contributed by atoms with E-state index in [9.17, 15) is 35.9 Å². The molecule has 0 fully saturated rings. The lowest BCUT2D eigenvalue weighted by atomic mass is 10.2. The van der Waals surface area contributed by atoms with Crippen LogP contribution in [0.1, 0.15) is 6.42 Å². The van der Waals surface area contributed by atoms with E-state index in [1.807, 2.05) is 0 Å². The van der Waals surface area contributed by atoms with E-state index in [-0.39, 0.29) is 0 Å². The van der Waals surface area contributed by atoms with E-state index in [1.54, 1.807) is 0 Å². The molecule has 0 unspecified atom stereocenters. The molecule has 0 rings (SSSR count). The van der Waals surface area contributed by atoms with Crippen LogP contribution in [0.25, 0.3) is 0 Å². The van der Waals surface area contributed by atoms with Gasteiger partial charge in [0.1, 0.15) is 0 Å². The number of ether oxygens (including phenoxy) is 1. The fraction of sp³-hybridized carbons (Fsp3) is 0.400. The van der Waals surface area contributed by atoms with Crippen LogP contribution in [0.4, 0.5) is 26.3 Å². The third-order valence-corrected chi connectivity index (χ3v) is 1.26. The molecule has 0 bridgehead atoms. The van der Waals surface area contributed by atoms with Gasteiger partial charge in [0.2, 0.25) is 0 Å². The van der Waals surface area contributed by atoms with Crippen LogP contribution in [-0.4, -0.2) is 36.0 Å². The fourth-order valence-corrected chi connectivity index (χ4v) is 0.529. The molecule has 0 aliphatic heterocycles. The Kier molecular flexibility index (Phi) is 8.36. The number of alkyl halides is 6. The average Bonchev–Trinajstić information content (AvgIpc) is 2.23. The number of halogens is 6. The Hall–Kier alpha value is -2.00. The first-order valence-electron chi connectivity index (χ1n) is 4.62. The monoisotopic (exact) mass is 308 g/mol. The van der Waals surface area contributed by atoms with Gasteiger partial charge in [-0.3, -0.25) is 0 Å². The van der Waals surface area contributed by atoms with Crippen LogP contribution < -0.4 is 0 Å². The van der Waals surface area contributed by atoms with E-state index in [2.05, 4.69) is 17.9 Å². The zero-order chi connectivity index (χ0) is 16.6. The molecule has 0 aliphatic carbocycles. The van der Waals surface area contributed by atoms with E-state index in [0.29, 0.717) is 6.08 Å². The quantitative estimate of drug-likeness (QED) is 0.493. The molecule has 116 valence electrons. The maximum absolute atomic E-state index is 11.3. The molecule has 4 nitrogen and oxygen atoms in total. The second-order valence-corrected chi connectivity index (χ2v) is 3.13. The summed E-state index contributed by atoms with van der Waals surface area (Å²) in [6.45, 7) is 4.08. The third-order valence-electron chi connectivity index (χ3n) is 1.26. The number of carboxylic acids is 1. The van der Waals surface area contributed by atoms with Crippen molar-refractivity contribution in [3.63, 3.8) is 0 Å². The Bertz CT molecular complexity index is 367. The summed E-state index contributed by atoms with van der Waals surface area (Å²) in [6.07, 6.45) is -9.72. The lowest BCUT2D eigenvalue weighted by Gasteiger charge is -2.04. The minimum Gasteiger partial charge on any atom is -0.478 e. The predicted molar refractivity (Wildman–Crippen MR) is 54.7 cm³/mol. The highest BCUT2D eigenvalue weighted by Crippen LogP contribution is 2.23. The fourth-order valence-electron chi connectivity index (χ4n) is 0.529. The molecule has 0 radical (unpaired) electrons. The van der Waals surface area contributed by atoms with Crippen molar-refractivity contribution >= 4 is 11.9 Å². The topological polar surface area (TPSA) is 63.6 Å². The first-order valence-corrected chi connectivity index (χ1v) is 4.62. The largest absolute Gasteiger partial charge is 0.478 e. The zero-order valence-corrected chi connectivity index (χ0v) is 9.85. The Labute approximate surface area is 109 Å². The average molecular weight is 308 g/mol. The van der Waals surface area contributed by atoms with Crippen LogP contribution in [0.2, 0.25) is 0 Å². The van der Waals surface area contributed by atoms with E-state index in [4.69, 9.17) is 5.11 Å². The number of carbonyl (C=O) groups excluding carboxylic acids is 1. The first-order chi connectivity index (χ1) is 8.78. The Morgan fingerprint density at radius 2 is 1.55 bits per heavy atom. The smallest absolute Gasteiger partial charge is 0.422 e. The molecule has 20 heavy (non-hydrogen) atoms. The van der Waals surface area contributed by atoms with Crippen LogP contribution in [0.15, 0.2) is 24.8 Å².